The summed E-state index contributed by atoms with van der Waals surface area (Å²) in [6.45, 7) is 11.1. The second kappa shape index (κ2) is 9.33. The van der Waals surface area contributed by atoms with Crippen LogP contribution in [0.2, 0.25) is 0 Å². The van der Waals surface area contributed by atoms with Gasteiger partial charge in [-0.05, 0) is 27.2 Å². The number of hydrogen-bond acceptors (Lipinski definition) is 7. The maximum atomic E-state index is 9.79. The molecule has 0 aliphatic heterocycles. The molecule has 1 atom stereocenters. The highest BCUT2D eigenvalue weighted by Gasteiger charge is 2.11. The van der Waals surface area contributed by atoms with E-state index in [0.717, 1.165) is 32.5 Å². The van der Waals surface area contributed by atoms with Gasteiger partial charge < -0.3 is 20.6 Å². The number of nitrogens with one attached hydrogen (secondary N) is 2. The molecule has 0 aliphatic carbocycles. The van der Waals surface area contributed by atoms with Crippen molar-refractivity contribution >= 4 is 17.8 Å². The van der Waals surface area contributed by atoms with Crippen LogP contribution in [0.4, 0.5) is 17.8 Å². The summed E-state index contributed by atoms with van der Waals surface area (Å²) in [6, 6.07) is 0. The standard InChI is InChI=1S/C14H28N6O/c1-5-9-11(21)10-16-13-17-12(15-6-2)18-14(19-13)20(7-3)8-4/h11,21H,5-10H2,1-4H3,(H2,15,16,17,18,19). The van der Waals surface area contributed by atoms with Crippen LogP contribution in [0.15, 0.2) is 0 Å². The van der Waals surface area contributed by atoms with Crippen molar-refractivity contribution in [2.75, 3.05) is 41.7 Å². The van der Waals surface area contributed by atoms with Crippen molar-refractivity contribution in [3.05, 3.63) is 0 Å². The van der Waals surface area contributed by atoms with E-state index in [-0.39, 0.29) is 6.10 Å². The van der Waals surface area contributed by atoms with Crippen LogP contribution in [0.1, 0.15) is 40.5 Å². The van der Waals surface area contributed by atoms with Gasteiger partial charge in [0.15, 0.2) is 0 Å². The molecule has 0 saturated heterocycles. The van der Waals surface area contributed by atoms with Gasteiger partial charge in [-0.3, -0.25) is 0 Å². The largest absolute Gasteiger partial charge is 0.391 e. The number of aliphatic hydroxyl groups is 1. The summed E-state index contributed by atoms with van der Waals surface area (Å²) in [7, 11) is 0. The van der Waals surface area contributed by atoms with E-state index in [1.807, 2.05) is 13.8 Å². The molecule has 0 saturated carbocycles. The Labute approximate surface area is 127 Å². The van der Waals surface area contributed by atoms with E-state index in [9.17, 15) is 5.11 Å². The minimum atomic E-state index is -0.383. The molecule has 1 aromatic rings. The van der Waals surface area contributed by atoms with Crippen LogP contribution >= 0.6 is 0 Å². The molecule has 0 aliphatic rings. The van der Waals surface area contributed by atoms with Gasteiger partial charge in [-0.2, -0.15) is 15.0 Å². The Morgan fingerprint density at radius 2 is 1.62 bits per heavy atom. The Morgan fingerprint density at radius 3 is 2.14 bits per heavy atom. The highest BCUT2D eigenvalue weighted by molar-refractivity contribution is 5.43. The van der Waals surface area contributed by atoms with Crippen molar-refractivity contribution in [3.63, 3.8) is 0 Å². The molecule has 3 N–H and O–H groups in total. The zero-order chi connectivity index (χ0) is 15.7. The average Bonchev–Trinajstić information content (AvgIpc) is 2.47. The number of rotatable bonds is 10. The van der Waals surface area contributed by atoms with Crippen LogP contribution in [-0.4, -0.2) is 52.3 Å². The quantitative estimate of drug-likeness (QED) is 0.606. The van der Waals surface area contributed by atoms with Crippen molar-refractivity contribution < 1.29 is 5.11 Å². The maximum absolute atomic E-state index is 9.79. The summed E-state index contributed by atoms with van der Waals surface area (Å²) in [6.07, 6.45) is 1.33. The van der Waals surface area contributed by atoms with Crippen LogP contribution in [0.25, 0.3) is 0 Å². The minimum Gasteiger partial charge on any atom is -0.391 e. The van der Waals surface area contributed by atoms with Gasteiger partial charge in [0.1, 0.15) is 0 Å². The van der Waals surface area contributed by atoms with E-state index >= 15 is 0 Å². The SMILES string of the molecule is CCCC(O)CNc1nc(NCC)nc(N(CC)CC)n1. The minimum absolute atomic E-state index is 0.383. The van der Waals surface area contributed by atoms with Gasteiger partial charge >= 0.3 is 0 Å². The van der Waals surface area contributed by atoms with Crippen LogP contribution < -0.4 is 15.5 Å². The monoisotopic (exact) mass is 296 g/mol. The van der Waals surface area contributed by atoms with Crippen molar-refractivity contribution in [1.29, 1.82) is 0 Å². The number of hydrogen-bond donors (Lipinski definition) is 3. The number of aliphatic hydroxyl groups excluding tert-OH is 1. The zero-order valence-electron chi connectivity index (χ0n) is 13.6. The van der Waals surface area contributed by atoms with Gasteiger partial charge in [-0.1, -0.05) is 13.3 Å². The average molecular weight is 296 g/mol. The molecule has 1 unspecified atom stereocenters. The lowest BCUT2D eigenvalue weighted by atomic mass is 10.2. The molecule has 21 heavy (non-hydrogen) atoms. The molecule has 0 amide bonds. The summed E-state index contributed by atoms with van der Waals surface area (Å²) in [5.74, 6) is 1.71. The first-order valence-corrected chi connectivity index (χ1v) is 7.81. The van der Waals surface area contributed by atoms with Crippen LogP contribution in [0.3, 0.4) is 0 Å². The number of anilines is 3. The highest BCUT2D eigenvalue weighted by atomic mass is 16.3. The second-order valence-electron chi connectivity index (χ2n) is 4.81. The lowest BCUT2D eigenvalue weighted by Gasteiger charge is -2.20. The van der Waals surface area contributed by atoms with Crippen LogP contribution in [0, 0.1) is 0 Å². The molecule has 7 heteroatoms. The number of nitrogens with zero attached hydrogens (tertiary/aromatic N) is 4. The number of aromatic nitrogens is 3. The van der Waals surface area contributed by atoms with Gasteiger partial charge in [0.25, 0.3) is 0 Å². The van der Waals surface area contributed by atoms with Crippen molar-refractivity contribution in [2.24, 2.45) is 0 Å². The van der Waals surface area contributed by atoms with Crippen molar-refractivity contribution in [2.45, 2.75) is 46.6 Å². The van der Waals surface area contributed by atoms with Gasteiger partial charge in [0, 0.05) is 26.2 Å². The smallest absolute Gasteiger partial charge is 0.231 e. The summed E-state index contributed by atoms with van der Waals surface area (Å²) >= 11 is 0. The second-order valence-corrected chi connectivity index (χ2v) is 4.81. The predicted molar refractivity (Wildman–Crippen MR) is 87.0 cm³/mol. The molecule has 7 nitrogen and oxygen atoms in total. The Balaban J connectivity index is 2.86. The fourth-order valence-electron chi connectivity index (χ4n) is 1.97. The van der Waals surface area contributed by atoms with E-state index in [4.69, 9.17) is 0 Å². The fraction of sp³-hybridized carbons (Fsp3) is 0.786. The normalized spacial score (nSPS) is 12.0. The molecule has 1 rings (SSSR count). The third-order valence-corrected chi connectivity index (χ3v) is 3.12. The molecule has 0 radical (unpaired) electrons. The first kappa shape index (κ1) is 17.4. The first-order chi connectivity index (χ1) is 10.1. The summed E-state index contributed by atoms with van der Waals surface area (Å²) in [5, 5.41) is 16.0. The Morgan fingerprint density at radius 1 is 1.00 bits per heavy atom. The third-order valence-electron chi connectivity index (χ3n) is 3.12. The molecule has 0 spiro atoms. The Bertz CT molecular complexity index is 410. The van der Waals surface area contributed by atoms with E-state index in [2.05, 4.69) is 44.3 Å². The van der Waals surface area contributed by atoms with Gasteiger partial charge in [0.05, 0.1) is 6.10 Å². The molecular formula is C14H28N6O. The summed E-state index contributed by atoms with van der Waals surface area (Å²) < 4.78 is 0. The van der Waals surface area contributed by atoms with Gasteiger partial charge in [-0.25, -0.2) is 0 Å². The van der Waals surface area contributed by atoms with Crippen LogP contribution in [0.5, 0.6) is 0 Å². The molecule has 1 aromatic heterocycles. The topological polar surface area (TPSA) is 86.2 Å². The molecule has 0 fully saturated rings. The Hall–Kier alpha value is -1.63. The van der Waals surface area contributed by atoms with Gasteiger partial charge in [0.2, 0.25) is 17.8 Å². The maximum Gasteiger partial charge on any atom is 0.231 e. The Kier molecular flexibility index (Phi) is 7.74. The van der Waals surface area contributed by atoms with Crippen molar-refractivity contribution in [1.82, 2.24) is 15.0 Å². The summed E-state index contributed by atoms with van der Waals surface area (Å²) in [4.78, 5) is 15.2. The van der Waals surface area contributed by atoms with E-state index in [1.165, 1.54) is 0 Å². The molecule has 120 valence electrons. The van der Waals surface area contributed by atoms with Crippen LogP contribution in [-0.2, 0) is 0 Å². The van der Waals surface area contributed by atoms with E-state index < -0.39 is 0 Å². The van der Waals surface area contributed by atoms with E-state index in [1.54, 1.807) is 0 Å². The predicted octanol–water partition coefficient (Wildman–Crippen LogP) is 1.72. The van der Waals surface area contributed by atoms with Gasteiger partial charge in [-0.15, -0.1) is 0 Å². The molecular weight excluding hydrogens is 268 g/mol. The summed E-state index contributed by atoms with van der Waals surface area (Å²) in [5.41, 5.74) is 0. The van der Waals surface area contributed by atoms with Crippen molar-refractivity contribution in [3.8, 4) is 0 Å². The lowest BCUT2D eigenvalue weighted by Crippen LogP contribution is -2.26. The molecule has 0 bridgehead atoms. The lowest BCUT2D eigenvalue weighted by molar-refractivity contribution is 0.176. The first-order valence-electron chi connectivity index (χ1n) is 7.81. The highest BCUT2D eigenvalue weighted by Crippen LogP contribution is 2.13. The fourth-order valence-corrected chi connectivity index (χ4v) is 1.97. The third kappa shape index (κ3) is 5.71. The zero-order valence-corrected chi connectivity index (χ0v) is 13.6. The van der Waals surface area contributed by atoms with E-state index in [0.29, 0.717) is 24.4 Å². The molecule has 0 aromatic carbocycles. The molecule has 1 heterocycles.